The maximum Gasteiger partial charge on any atom is 0.162 e. The van der Waals surface area contributed by atoms with Crippen molar-refractivity contribution < 1.29 is 0 Å². The van der Waals surface area contributed by atoms with E-state index in [1.165, 1.54) is 4.90 Å². The molecule has 0 fully saturated rings. The highest BCUT2D eigenvalue weighted by atomic mass is 35.5. The highest BCUT2D eigenvalue weighted by Gasteiger charge is 2.09. The van der Waals surface area contributed by atoms with Gasteiger partial charge in [0.1, 0.15) is 10.3 Å². The third-order valence-electron chi connectivity index (χ3n) is 2.45. The largest absolute Gasteiger partial charge is 0.216 e. The van der Waals surface area contributed by atoms with Crippen LogP contribution in [0.3, 0.4) is 0 Å². The molecule has 18 heavy (non-hydrogen) atoms. The van der Waals surface area contributed by atoms with Crippen LogP contribution in [0.15, 0.2) is 29.2 Å². The van der Waals surface area contributed by atoms with Crippen molar-refractivity contribution in [1.29, 1.82) is 0 Å². The van der Waals surface area contributed by atoms with Crippen molar-refractivity contribution >= 4 is 35.0 Å². The molecule has 0 N–H and O–H groups in total. The average Bonchev–Trinajstić information content (AvgIpc) is 2.37. The number of benzene rings is 1. The second-order valence-electron chi connectivity index (χ2n) is 3.71. The topological polar surface area (TPSA) is 25.8 Å². The summed E-state index contributed by atoms with van der Waals surface area (Å²) in [6, 6.07) is 8.06. The first-order valence-corrected chi connectivity index (χ1v) is 7.29. The highest BCUT2D eigenvalue weighted by Crippen LogP contribution is 2.26. The van der Waals surface area contributed by atoms with Crippen LogP contribution in [0.1, 0.15) is 12.5 Å². The smallest absolute Gasteiger partial charge is 0.162 e. The molecule has 0 aliphatic rings. The number of halogens is 2. The summed E-state index contributed by atoms with van der Waals surface area (Å²) in [5.74, 6) is 1.61. The van der Waals surface area contributed by atoms with E-state index in [2.05, 4.69) is 29.0 Å². The average molecular weight is 299 g/mol. The van der Waals surface area contributed by atoms with E-state index in [-0.39, 0.29) is 0 Å². The van der Waals surface area contributed by atoms with Gasteiger partial charge in [0.05, 0.1) is 0 Å². The van der Waals surface area contributed by atoms with E-state index < -0.39 is 0 Å². The number of rotatable bonds is 3. The lowest BCUT2D eigenvalue weighted by atomic mass is 10.2. The zero-order chi connectivity index (χ0) is 13.1. The van der Waals surface area contributed by atoms with E-state index in [0.29, 0.717) is 21.7 Å². The fourth-order valence-electron chi connectivity index (χ4n) is 1.46. The molecule has 94 valence electrons. The minimum absolute atomic E-state index is 0.400. The zero-order valence-electron chi connectivity index (χ0n) is 10.1. The van der Waals surface area contributed by atoms with Crippen LogP contribution >= 0.6 is 35.0 Å². The van der Waals surface area contributed by atoms with Crippen LogP contribution in [0, 0.1) is 6.92 Å². The first-order valence-electron chi connectivity index (χ1n) is 5.54. The van der Waals surface area contributed by atoms with Gasteiger partial charge < -0.3 is 0 Å². The maximum absolute atomic E-state index is 6.01. The van der Waals surface area contributed by atoms with Gasteiger partial charge in [-0.3, -0.25) is 0 Å². The van der Waals surface area contributed by atoms with Gasteiger partial charge in [-0.05, 0) is 24.8 Å². The third-order valence-corrected chi connectivity index (χ3v) is 4.08. The predicted octanol–water partition coefficient (Wildman–Crippen LogP) is 4.87. The summed E-state index contributed by atoms with van der Waals surface area (Å²) in [7, 11) is 0. The Bertz CT molecular complexity index is 532. The molecule has 0 atom stereocenters. The monoisotopic (exact) mass is 298 g/mol. The van der Waals surface area contributed by atoms with Gasteiger partial charge in [0.2, 0.25) is 0 Å². The zero-order valence-corrected chi connectivity index (χ0v) is 12.4. The van der Waals surface area contributed by atoms with Crippen LogP contribution in [0.2, 0.25) is 10.3 Å². The minimum Gasteiger partial charge on any atom is -0.216 e. The molecule has 0 amide bonds. The van der Waals surface area contributed by atoms with E-state index in [0.717, 1.165) is 11.3 Å². The molecule has 0 saturated heterocycles. The lowest BCUT2D eigenvalue weighted by Gasteiger charge is -2.05. The van der Waals surface area contributed by atoms with Gasteiger partial charge in [0, 0.05) is 16.0 Å². The number of thioether (sulfide) groups is 1. The van der Waals surface area contributed by atoms with Crippen LogP contribution in [-0.4, -0.2) is 15.7 Å². The molecular formula is C13H12Cl2N2S. The summed E-state index contributed by atoms with van der Waals surface area (Å²) in [6.45, 7) is 3.93. The molecule has 1 aromatic carbocycles. The number of aromatic nitrogens is 2. The molecule has 0 radical (unpaired) electrons. The van der Waals surface area contributed by atoms with Crippen molar-refractivity contribution in [3.8, 4) is 11.4 Å². The van der Waals surface area contributed by atoms with Crippen molar-refractivity contribution in [2.45, 2.75) is 18.7 Å². The van der Waals surface area contributed by atoms with Crippen LogP contribution in [0.25, 0.3) is 11.4 Å². The molecule has 2 nitrogen and oxygen atoms in total. The molecule has 0 spiro atoms. The molecule has 0 aliphatic heterocycles. The number of nitrogens with zero attached hydrogens (tertiary/aromatic N) is 2. The molecule has 2 rings (SSSR count). The molecular weight excluding hydrogens is 287 g/mol. The van der Waals surface area contributed by atoms with Gasteiger partial charge in [0.25, 0.3) is 0 Å². The lowest BCUT2D eigenvalue weighted by Crippen LogP contribution is -1.93. The van der Waals surface area contributed by atoms with Crippen LogP contribution < -0.4 is 0 Å². The minimum atomic E-state index is 0.400. The summed E-state index contributed by atoms with van der Waals surface area (Å²) >= 11 is 13.8. The van der Waals surface area contributed by atoms with E-state index in [1.807, 2.05) is 12.1 Å². The molecule has 0 saturated carbocycles. The second-order valence-corrected chi connectivity index (χ2v) is 5.76. The van der Waals surface area contributed by atoms with Gasteiger partial charge in [0.15, 0.2) is 5.82 Å². The quantitative estimate of drug-likeness (QED) is 0.597. The Balaban J connectivity index is 2.36. The molecule has 0 aliphatic carbocycles. The van der Waals surface area contributed by atoms with Crippen molar-refractivity contribution in [1.82, 2.24) is 9.97 Å². The van der Waals surface area contributed by atoms with Crippen molar-refractivity contribution in [2.24, 2.45) is 0 Å². The molecule has 5 heteroatoms. The van der Waals surface area contributed by atoms with Gasteiger partial charge in [-0.25, -0.2) is 9.97 Å². The standard InChI is InChI=1S/C13H12Cl2N2S/c1-3-18-10-6-4-9(5-7-10)13-16-11(14)8(2)12(15)17-13/h4-7H,3H2,1-2H3. The Morgan fingerprint density at radius 2 is 1.61 bits per heavy atom. The van der Waals surface area contributed by atoms with Crippen LogP contribution in [0.4, 0.5) is 0 Å². The third kappa shape index (κ3) is 2.97. The fraction of sp³-hybridized carbons (Fsp3) is 0.231. The van der Waals surface area contributed by atoms with Crippen molar-refractivity contribution in [3.05, 3.63) is 40.1 Å². The first kappa shape index (κ1) is 13.7. The predicted molar refractivity (Wildman–Crippen MR) is 78.6 cm³/mol. The summed E-state index contributed by atoms with van der Waals surface area (Å²) in [5, 5.41) is 0.800. The molecule has 1 heterocycles. The van der Waals surface area contributed by atoms with Gasteiger partial charge >= 0.3 is 0 Å². The Hall–Kier alpha value is -0.770. The van der Waals surface area contributed by atoms with Crippen LogP contribution in [0.5, 0.6) is 0 Å². The summed E-state index contributed by atoms with van der Waals surface area (Å²) < 4.78 is 0. The van der Waals surface area contributed by atoms with E-state index in [9.17, 15) is 0 Å². The molecule has 0 unspecified atom stereocenters. The van der Waals surface area contributed by atoms with E-state index in [4.69, 9.17) is 23.2 Å². The van der Waals surface area contributed by atoms with E-state index >= 15 is 0 Å². The summed E-state index contributed by atoms with van der Waals surface area (Å²) in [6.07, 6.45) is 0. The van der Waals surface area contributed by atoms with Crippen molar-refractivity contribution in [3.63, 3.8) is 0 Å². The summed E-state index contributed by atoms with van der Waals surface area (Å²) in [4.78, 5) is 9.71. The van der Waals surface area contributed by atoms with Gasteiger partial charge in [-0.2, -0.15) is 0 Å². The maximum atomic E-state index is 6.01. The molecule has 1 aromatic heterocycles. The Morgan fingerprint density at radius 1 is 1.06 bits per heavy atom. The second kappa shape index (κ2) is 5.91. The van der Waals surface area contributed by atoms with Gasteiger partial charge in [-0.1, -0.05) is 42.3 Å². The number of hydrogen-bond donors (Lipinski definition) is 0. The SMILES string of the molecule is CCSc1ccc(-c2nc(Cl)c(C)c(Cl)n2)cc1. The molecule has 2 aromatic rings. The number of hydrogen-bond acceptors (Lipinski definition) is 3. The van der Waals surface area contributed by atoms with Crippen molar-refractivity contribution in [2.75, 3.05) is 5.75 Å². The highest BCUT2D eigenvalue weighted by molar-refractivity contribution is 7.99. The Labute approximate surface area is 121 Å². The lowest BCUT2D eigenvalue weighted by molar-refractivity contribution is 1.14. The normalized spacial score (nSPS) is 10.7. The fourth-order valence-corrected chi connectivity index (χ4v) is 2.51. The van der Waals surface area contributed by atoms with E-state index in [1.54, 1.807) is 18.7 Å². The van der Waals surface area contributed by atoms with Gasteiger partial charge in [-0.15, -0.1) is 11.8 Å². The first-order chi connectivity index (χ1) is 8.61. The van der Waals surface area contributed by atoms with Crippen LogP contribution in [-0.2, 0) is 0 Å². The molecule has 0 bridgehead atoms. The Kier molecular flexibility index (Phi) is 4.49. The Morgan fingerprint density at radius 3 is 2.11 bits per heavy atom. The summed E-state index contributed by atoms with van der Waals surface area (Å²) in [5.41, 5.74) is 1.62.